The van der Waals surface area contributed by atoms with Crippen LogP contribution in [0.4, 0.5) is 0 Å². The Morgan fingerprint density at radius 2 is 2.00 bits per heavy atom. The summed E-state index contributed by atoms with van der Waals surface area (Å²) >= 11 is 7.03. The first-order valence-corrected chi connectivity index (χ1v) is 7.67. The molecule has 2 nitrogen and oxygen atoms in total. The van der Waals surface area contributed by atoms with Crippen LogP contribution in [0.1, 0.15) is 45.3 Å². The van der Waals surface area contributed by atoms with Crippen molar-refractivity contribution in [2.24, 2.45) is 5.92 Å². The first-order valence-electron chi connectivity index (χ1n) is 6.09. The molecular weight excluding hydrogens is 344 g/mol. The van der Waals surface area contributed by atoms with Gasteiger partial charge in [0.25, 0.3) is 0 Å². The van der Waals surface area contributed by atoms with Crippen LogP contribution in [0.2, 0.25) is 0 Å². The fraction of sp³-hybridized carbons (Fsp3) is 0.615. The molecule has 1 unspecified atom stereocenters. The molecule has 1 aromatic rings. The highest BCUT2D eigenvalue weighted by Gasteiger charge is 2.15. The van der Waals surface area contributed by atoms with Gasteiger partial charge in [0, 0.05) is 15.1 Å². The van der Waals surface area contributed by atoms with Gasteiger partial charge in [-0.1, -0.05) is 20.8 Å². The standard InChI is InChI=1S/C13H20Br2N2/c1-4-16-12(6-5-9(2)3)13-11(15)7-10(14)8-17-13/h7-9,12,16H,4-6H2,1-3H3. The smallest absolute Gasteiger partial charge is 0.0715 e. The molecule has 0 saturated heterocycles. The fourth-order valence-corrected chi connectivity index (χ4v) is 3.03. The van der Waals surface area contributed by atoms with E-state index in [0.717, 1.165) is 33.5 Å². The second-order valence-corrected chi connectivity index (χ2v) is 6.37. The minimum absolute atomic E-state index is 0.338. The Labute approximate surface area is 121 Å². The van der Waals surface area contributed by atoms with Crippen molar-refractivity contribution in [2.45, 2.75) is 39.7 Å². The highest BCUT2D eigenvalue weighted by Crippen LogP contribution is 2.28. The second kappa shape index (κ2) is 7.49. The number of halogens is 2. The van der Waals surface area contributed by atoms with Crippen molar-refractivity contribution in [3.63, 3.8) is 0 Å². The average molecular weight is 364 g/mol. The van der Waals surface area contributed by atoms with Crippen LogP contribution in [0.15, 0.2) is 21.2 Å². The van der Waals surface area contributed by atoms with E-state index in [0.29, 0.717) is 6.04 Å². The molecule has 0 aromatic carbocycles. The molecule has 0 spiro atoms. The number of nitrogens with one attached hydrogen (secondary N) is 1. The van der Waals surface area contributed by atoms with E-state index in [9.17, 15) is 0 Å². The van der Waals surface area contributed by atoms with E-state index in [-0.39, 0.29) is 0 Å². The number of pyridine rings is 1. The van der Waals surface area contributed by atoms with Crippen molar-refractivity contribution < 1.29 is 0 Å². The van der Waals surface area contributed by atoms with Crippen LogP contribution in [0, 0.1) is 5.92 Å². The SMILES string of the molecule is CCNC(CCC(C)C)c1ncc(Br)cc1Br. The molecular formula is C13H20Br2N2. The highest BCUT2D eigenvalue weighted by atomic mass is 79.9. The zero-order chi connectivity index (χ0) is 12.8. The lowest BCUT2D eigenvalue weighted by Gasteiger charge is -2.19. The molecule has 96 valence electrons. The van der Waals surface area contributed by atoms with Gasteiger partial charge >= 0.3 is 0 Å². The van der Waals surface area contributed by atoms with Crippen molar-refractivity contribution in [3.8, 4) is 0 Å². The Morgan fingerprint density at radius 1 is 1.29 bits per heavy atom. The summed E-state index contributed by atoms with van der Waals surface area (Å²) in [5.74, 6) is 0.727. The normalized spacial score (nSPS) is 13.1. The third-order valence-corrected chi connectivity index (χ3v) is 3.72. The van der Waals surface area contributed by atoms with E-state index < -0.39 is 0 Å². The third-order valence-electron chi connectivity index (χ3n) is 2.65. The van der Waals surface area contributed by atoms with E-state index in [2.05, 4.69) is 69.0 Å². The molecule has 17 heavy (non-hydrogen) atoms. The molecule has 1 aromatic heterocycles. The van der Waals surface area contributed by atoms with Crippen LogP contribution in [0.5, 0.6) is 0 Å². The molecule has 0 amide bonds. The predicted octanol–water partition coefficient (Wildman–Crippen LogP) is 4.69. The summed E-state index contributed by atoms with van der Waals surface area (Å²) in [5, 5.41) is 3.51. The molecule has 0 bridgehead atoms. The van der Waals surface area contributed by atoms with E-state index >= 15 is 0 Å². The zero-order valence-electron chi connectivity index (χ0n) is 10.6. The van der Waals surface area contributed by atoms with Gasteiger partial charge in [0.05, 0.1) is 11.7 Å². The Kier molecular flexibility index (Phi) is 6.67. The number of aromatic nitrogens is 1. The molecule has 4 heteroatoms. The van der Waals surface area contributed by atoms with Crippen molar-refractivity contribution in [2.75, 3.05) is 6.54 Å². The summed E-state index contributed by atoms with van der Waals surface area (Å²) in [6, 6.07) is 2.40. The lowest BCUT2D eigenvalue weighted by atomic mass is 10.0. The second-order valence-electron chi connectivity index (χ2n) is 4.60. The van der Waals surface area contributed by atoms with Crippen LogP contribution in [0.3, 0.4) is 0 Å². The quantitative estimate of drug-likeness (QED) is 0.792. The van der Waals surface area contributed by atoms with Gasteiger partial charge < -0.3 is 5.32 Å². The Hall–Kier alpha value is 0.0700. The van der Waals surface area contributed by atoms with E-state index in [1.54, 1.807) is 0 Å². The minimum atomic E-state index is 0.338. The van der Waals surface area contributed by atoms with Gasteiger partial charge in [-0.05, 0) is 63.2 Å². The molecule has 1 heterocycles. The summed E-state index contributed by atoms with van der Waals surface area (Å²) < 4.78 is 2.08. The monoisotopic (exact) mass is 362 g/mol. The van der Waals surface area contributed by atoms with Crippen LogP contribution in [0.25, 0.3) is 0 Å². The van der Waals surface area contributed by atoms with Gasteiger partial charge in [-0.15, -0.1) is 0 Å². The molecule has 0 fully saturated rings. The Bertz CT molecular complexity index is 353. The number of hydrogen-bond acceptors (Lipinski definition) is 2. The number of rotatable bonds is 6. The lowest BCUT2D eigenvalue weighted by molar-refractivity contribution is 0.440. The Morgan fingerprint density at radius 3 is 2.53 bits per heavy atom. The predicted molar refractivity (Wildman–Crippen MR) is 80.1 cm³/mol. The molecule has 0 aliphatic heterocycles. The zero-order valence-corrected chi connectivity index (χ0v) is 13.8. The number of nitrogens with zero attached hydrogens (tertiary/aromatic N) is 1. The van der Waals surface area contributed by atoms with Crippen LogP contribution < -0.4 is 5.32 Å². The first-order chi connectivity index (χ1) is 8.04. The molecule has 0 saturated carbocycles. The van der Waals surface area contributed by atoms with E-state index in [4.69, 9.17) is 0 Å². The van der Waals surface area contributed by atoms with Gasteiger partial charge in [-0.2, -0.15) is 0 Å². The Balaban J connectivity index is 2.81. The molecule has 0 radical (unpaired) electrons. The van der Waals surface area contributed by atoms with Gasteiger partial charge in [-0.25, -0.2) is 0 Å². The summed E-state index contributed by atoms with van der Waals surface area (Å²) in [5.41, 5.74) is 1.11. The van der Waals surface area contributed by atoms with Crippen LogP contribution in [-0.4, -0.2) is 11.5 Å². The van der Waals surface area contributed by atoms with Crippen molar-refractivity contribution in [3.05, 3.63) is 26.9 Å². The fourth-order valence-electron chi connectivity index (χ4n) is 1.76. The molecule has 0 aliphatic rings. The van der Waals surface area contributed by atoms with Gasteiger partial charge in [0.1, 0.15) is 0 Å². The van der Waals surface area contributed by atoms with Crippen molar-refractivity contribution in [1.29, 1.82) is 0 Å². The maximum atomic E-state index is 4.52. The summed E-state index contributed by atoms with van der Waals surface area (Å²) in [4.78, 5) is 4.52. The average Bonchev–Trinajstić information content (AvgIpc) is 2.24. The van der Waals surface area contributed by atoms with Crippen LogP contribution in [-0.2, 0) is 0 Å². The van der Waals surface area contributed by atoms with Gasteiger partial charge in [0.15, 0.2) is 0 Å². The lowest BCUT2D eigenvalue weighted by Crippen LogP contribution is -2.22. The summed E-state index contributed by atoms with van der Waals surface area (Å²) in [6.45, 7) is 7.61. The largest absolute Gasteiger partial charge is 0.309 e. The molecule has 1 rings (SSSR count). The molecule has 1 atom stereocenters. The van der Waals surface area contributed by atoms with E-state index in [1.165, 1.54) is 6.42 Å². The minimum Gasteiger partial charge on any atom is -0.309 e. The number of hydrogen-bond donors (Lipinski definition) is 1. The molecule has 1 N–H and O–H groups in total. The first kappa shape index (κ1) is 15.1. The highest BCUT2D eigenvalue weighted by molar-refractivity contribution is 9.11. The maximum absolute atomic E-state index is 4.52. The third kappa shape index (κ3) is 5.06. The van der Waals surface area contributed by atoms with Gasteiger partial charge in [-0.3, -0.25) is 4.98 Å². The summed E-state index contributed by atoms with van der Waals surface area (Å²) in [6.07, 6.45) is 4.19. The van der Waals surface area contributed by atoms with Crippen molar-refractivity contribution in [1.82, 2.24) is 10.3 Å². The van der Waals surface area contributed by atoms with Crippen molar-refractivity contribution >= 4 is 31.9 Å². The maximum Gasteiger partial charge on any atom is 0.0715 e. The van der Waals surface area contributed by atoms with Crippen LogP contribution >= 0.6 is 31.9 Å². The molecule has 0 aliphatic carbocycles. The summed E-state index contributed by atoms with van der Waals surface area (Å²) in [7, 11) is 0. The van der Waals surface area contributed by atoms with E-state index in [1.807, 2.05) is 6.20 Å². The topological polar surface area (TPSA) is 24.9 Å². The van der Waals surface area contributed by atoms with Gasteiger partial charge in [0.2, 0.25) is 0 Å².